The molecule has 0 aliphatic carbocycles. The van der Waals surface area contributed by atoms with Crippen LogP contribution in [0.3, 0.4) is 0 Å². The molecule has 8 nitrogen and oxygen atoms in total. The first-order chi connectivity index (χ1) is 11.5. The highest BCUT2D eigenvalue weighted by molar-refractivity contribution is 8.14. The third-order valence-electron chi connectivity index (χ3n) is 4.25. The largest absolute Gasteiger partial charge is 0.394 e. The Bertz CT molecular complexity index is 670. The van der Waals surface area contributed by atoms with E-state index in [-0.39, 0.29) is 5.17 Å². The highest BCUT2D eigenvalue weighted by Gasteiger charge is 2.55. The number of thioether (sulfide) groups is 1. The molecule has 2 fully saturated rings. The van der Waals surface area contributed by atoms with E-state index in [2.05, 4.69) is 5.32 Å². The molecule has 1 aromatic rings. The number of nitrogens with one attached hydrogen (secondary N) is 2. The van der Waals surface area contributed by atoms with Crippen molar-refractivity contribution in [3.05, 3.63) is 35.9 Å². The van der Waals surface area contributed by atoms with Crippen LogP contribution in [0, 0.1) is 5.41 Å². The molecular weight excluding hydrogens is 334 g/mol. The second kappa shape index (κ2) is 6.52. The number of amidine groups is 1. The van der Waals surface area contributed by atoms with E-state index in [1.165, 1.54) is 0 Å². The van der Waals surface area contributed by atoms with Crippen LogP contribution in [-0.4, -0.2) is 73.3 Å². The van der Waals surface area contributed by atoms with E-state index in [0.29, 0.717) is 5.56 Å². The highest BCUT2D eigenvalue weighted by atomic mass is 32.2. The lowest BCUT2D eigenvalue weighted by Crippen LogP contribution is -2.73. The summed E-state index contributed by atoms with van der Waals surface area (Å²) in [5, 5.41) is 39.1. The minimum atomic E-state index is -1.42. The summed E-state index contributed by atoms with van der Waals surface area (Å²) >= 11 is 0.881. The van der Waals surface area contributed by atoms with E-state index >= 15 is 0 Å². The second-order valence-corrected chi connectivity index (χ2v) is 6.84. The average molecular weight is 351 g/mol. The summed E-state index contributed by atoms with van der Waals surface area (Å²) in [6.45, 7) is -0.602. The maximum Gasteiger partial charge on any atom is 0.254 e. The van der Waals surface area contributed by atoms with Gasteiger partial charge in [0.05, 0.1) is 24.0 Å². The lowest BCUT2D eigenvalue weighted by atomic mass is 9.88. The molecule has 128 valence electrons. The molecule has 2 aliphatic heterocycles. The first-order valence-electron chi connectivity index (χ1n) is 7.36. The predicted octanol–water partition coefficient (Wildman–Crippen LogP) is -1.24. The molecule has 0 bridgehead atoms. The van der Waals surface area contributed by atoms with Gasteiger partial charge in [-0.25, -0.2) is 0 Å². The van der Waals surface area contributed by atoms with Crippen LogP contribution in [0.1, 0.15) is 10.4 Å². The number of amides is 2. The summed E-state index contributed by atoms with van der Waals surface area (Å²) in [5.41, 5.74) is 0.303. The number of piperidine rings is 1. The van der Waals surface area contributed by atoms with Gasteiger partial charge in [-0.1, -0.05) is 30.0 Å². The second-order valence-electron chi connectivity index (χ2n) is 5.66. The standard InChI is InChI=1S/C15H17N3O5S/c16-15-17-13(22)9-12(24-15)11(21)10(20)8(6-19)18(9)14(23)7-4-2-1-3-5-7/h1-5,8-12,19-21H,6H2,(H2,16,17,22)/t8-,9-,10-,11+,12-/m1/s1. The molecule has 0 radical (unpaired) electrons. The minimum Gasteiger partial charge on any atom is -0.394 e. The predicted molar refractivity (Wildman–Crippen MR) is 86.5 cm³/mol. The number of carbonyl (C=O) groups is 2. The van der Waals surface area contributed by atoms with Crippen LogP contribution >= 0.6 is 11.8 Å². The Labute approximate surface area is 142 Å². The molecule has 9 heteroatoms. The number of benzene rings is 1. The summed E-state index contributed by atoms with van der Waals surface area (Å²) < 4.78 is 0. The maximum atomic E-state index is 12.9. The Kier molecular flexibility index (Phi) is 4.59. The zero-order valence-corrected chi connectivity index (χ0v) is 13.3. The lowest BCUT2D eigenvalue weighted by Gasteiger charge is -2.50. The van der Waals surface area contributed by atoms with Crippen LogP contribution in [0.4, 0.5) is 0 Å². The number of hydrogen-bond donors (Lipinski definition) is 5. The average Bonchev–Trinajstić information content (AvgIpc) is 2.58. The zero-order valence-electron chi connectivity index (χ0n) is 12.5. The van der Waals surface area contributed by atoms with Crippen molar-refractivity contribution < 1.29 is 24.9 Å². The van der Waals surface area contributed by atoms with Crippen molar-refractivity contribution in [1.29, 1.82) is 5.41 Å². The minimum absolute atomic E-state index is 0.151. The molecule has 0 unspecified atom stereocenters. The van der Waals surface area contributed by atoms with Crippen molar-refractivity contribution in [2.75, 3.05) is 6.61 Å². The van der Waals surface area contributed by atoms with Crippen LogP contribution in [-0.2, 0) is 4.79 Å². The molecule has 2 amide bonds. The molecule has 5 N–H and O–H groups in total. The van der Waals surface area contributed by atoms with Crippen molar-refractivity contribution in [3.63, 3.8) is 0 Å². The number of likely N-dealkylation sites (tertiary alicyclic amines) is 1. The molecule has 24 heavy (non-hydrogen) atoms. The zero-order chi connectivity index (χ0) is 17.4. The number of hydrogen-bond acceptors (Lipinski definition) is 7. The molecule has 1 aromatic carbocycles. The van der Waals surface area contributed by atoms with Crippen molar-refractivity contribution in [2.24, 2.45) is 0 Å². The van der Waals surface area contributed by atoms with Gasteiger partial charge in [0.15, 0.2) is 5.17 Å². The third-order valence-corrected chi connectivity index (χ3v) is 5.40. The Morgan fingerprint density at radius 3 is 2.54 bits per heavy atom. The van der Waals surface area contributed by atoms with E-state index in [0.717, 1.165) is 16.7 Å². The normalized spacial score (nSPS) is 33.0. The van der Waals surface area contributed by atoms with Crippen molar-refractivity contribution in [1.82, 2.24) is 10.2 Å². The Balaban J connectivity index is 2.04. The van der Waals surface area contributed by atoms with Crippen LogP contribution in [0.25, 0.3) is 0 Å². The number of nitrogens with zero attached hydrogens (tertiary/aromatic N) is 1. The van der Waals surface area contributed by atoms with Crippen molar-refractivity contribution in [3.8, 4) is 0 Å². The molecule has 0 aromatic heterocycles. The summed E-state index contributed by atoms with van der Waals surface area (Å²) in [7, 11) is 0. The van der Waals surface area contributed by atoms with Gasteiger partial charge >= 0.3 is 0 Å². The van der Waals surface area contributed by atoms with E-state index in [1.807, 2.05) is 0 Å². The van der Waals surface area contributed by atoms with Gasteiger partial charge in [-0.3, -0.25) is 15.0 Å². The van der Waals surface area contributed by atoms with Crippen LogP contribution < -0.4 is 5.32 Å². The van der Waals surface area contributed by atoms with Gasteiger partial charge < -0.3 is 25.5 Å². The fraction of sp³-hybridized carbons (Fsp3) is 0.400. The van der Waals surface area contributed by atoms with Crippen LogP contribution in [0.5, 0.6) is 0 Å². The van der Waals surface area contributed by atoms with Crippen molar-refractivity contribution >= 4 is 28.7 Å². The van der Waals surface area contributed by atoms with Gasteiger partial charge in [-0.2, -0.15) is 0 Å². The number of aliphatic hydroxyl groups excluding tert-OH is 3. The van der Waals surface area contributed by atoms with Gasteiger partial charge in [0.25, 0.3) is 5.91 Å². The van der Waals surface area contributed by atoms with Crippen molar-refractivity contribution in [2.45, 2.75) is 29.5 Å². The molecule has 2 saturated heterocycles. The fourth-order valence-corrected chi connectivity index (χ4v) is 4.22. The first-order valence-corrected chi connectivity index (χ1v) is 8.24. The monoisotopic (exact) mass is 351 g/mol. The smallest absolute Gasteiger partial charge is 0.254 e. The Morgan fingerprint density at radius 2 is 1.92 bits per heavy atom. The highest BCUT2D eigenvalue weighted by Crippen LogP contribution is 2.36. The molecule has 2 heterocycles. The molecule has 3 rings (SSSR count). The van der Waals surface area contributed by atoms with Gasteiger partial charge in [0.2, 0.25) is 5.91 Å². The van der Waals surface area contributed by atoms with Gasteiger partial charge in [0, 0.05) is 5.56 Å². The van der Waals surface area contributed by atoms with Crippen LogP contribution in [0.2, 0.25) is 0 Å². The summed E-state index contributed by atoms with van der Waals surface area (Å²) in [6.07, 6.45) is -2.77. The van der Waals surface area contributed by atoms with E-state index in [4.69, 9.17) is 5.41 Å². The lowest BCUT2D eigenvalue weighted by molar-refractivity contribution is -0.137. The Morgan fingerprint density at radius 1 is 1.25 bits per heavy atom. The van der Waals surface area contributed by atoms with E-state index in [9.17, 15) is 24.9 Å². The molecule has 5 atom stereocenters. The molecular formula is C15H17N3O5S. The van der Waals surface area contributed by atoms with E-state index < -0.39 is 48.0 Å². The van der Waals surface area contributed by atoms with Gasteiger partial charge in [0.1, 0.15) is 12.1 Å². The quantitative estimate of drug-likeness (QED) is 0.452. The molecule has 0 spiro atoms. The first kappa shape index (κ1) is 16.9. The molecule has 0 saturated carbocycles. The van der Waals surface area contributed by atoms with E-state index in [1.54, 1.807) is 30.3 Å². The van der Waals surface area contributed by atoms with Crippen LogP contribution in [0.15, 0.2) is 30.3 Å². The topological polar surface area (TPSA) is 134 Å². The summed E-state index contributed by atoms with van der Waals surface area (Å²) in [4.78, 5) is 26.4. The number of rotatable bonds is 2. The SMILES string of the molecule is N=C1NC(=O)[C@H]2[C@@H](S1)[C@@H](O)[C@H](O)[C@@H](CO)N2C(=O)c1ccccc1. The number of fused-ring (bicyclic) bond motifs is 1. The Hall–Kier alpha value is -1.94. The van der Waals surface area contributed by atoms with Gasteiger partial charge in [-0.05, 0) is 12.1 Å². The maximum absolute atomic E-state index is 12.9. The van der Waals surface area contributed by atoms with Gasteiger partial charge in [-0.15, -0.1) is 0 Å². The number of carbonyl (C=O) groups excluding carboxylic acids is 2. The molecule has 2 aliphatic rings. The third kappa shape index (κ3) is 2.69. The fourth-order valence-electron chi connectivity index (χ4n) is 3.10. The summed E-state index contributed by atoms with van der Waals surface area (Å²) in [5.74, 6) is -1.14. The summed E-state index contributed by atoms with van der Waals surface area (Å²) in [6, 6.07) is 6.00. The number of aliphatic hydroxyl groups is 3.